The van der Waals surface area contributed by atoms with E-state index < -0.39 is 5.60 Å². The third-order valence-corrected chi connectivity index (χ3v) is 6.86. The van der Waals surface area contributed by atoms with E-state index in [0.29, 0.717) is 38.6 Å². The molecule has 4 rings (SSSR count). The lowest BCUT2D eigenvalue weighted by Crippen LogP contribution is -2.58. The Kier molecular flexibility index (Phi) is 8.44. The molecule has 2 aromatic rings. The van der Waals surface area contributed by atoms with E-state index in [0.717, 1.165) is 37.5 Å². The Hall–Kier alpha value is -2.87. The highest BCUT2D eigenvalue weighted by atomic mass is 16.5. The summed E-state index contributed by atoms with van der Waals surface area (Å²) in [5.74, 6) is 2.15. The van der Waals surface area contributed by atoms with Crippen molar-refractivity contribution in [1.29, 1.82) is 0 Å². The number of amides is 2. The Morgan fingerprint density at radius 1 is 1.06 bits per heavy atom. The van der Waals surface area contributed by atoms with Crippen LogP contribution in [0.15, 0.2) is 42.7 Å². The number of aryl methyl sites for hydroxylation is 1. The average Bonchev–Trinajstić information content (AvgIpc) is 3.36. The Labute approximate surface area is 208 Å². The molecule has 0 bridgehead atoms. The lowest BCUT2D eigenvalue weighted by molar-refractivity contribution is -0.166. The van der Waals surface area contributed by atoms with Gasteiger partial charge in [-0.15, -0.1) is 0 Å². The van der Waals surface area contributed by atoms with E-state index in [-0.39, 0.29) is 24.8 Å². The Bertz CT molecular complexity index is 971. The molecule has 0 N–H and O–H groups in total. The van der Waals surface area contributed by atoms with Gasteiger partial charge in [0.25, 0.3) is 0 Å². The van der Waals surface area contributed by atoms with Crippen molar-refractivity contribution in [2.24, 2.45) is 0 Å². The summed E-state index contributed by atoms with van der Waals surface area (Å²) in [5, 5.41) is 0. The number of imidazole rings is 1. The first kappa shape index (κ1) is 25.2. The number of carbonyl (C=O) groups excluding carboxylic acids is 2. The Balaban J connectivity index is 1.44. The van der Waals surface area contributed by atoms with E-state index in [4.69, 9.17) is 9.47 Å². The molecule has 190 valence electrons. The van der Waals surface area contributed by atoms with Crippen molar-refractivity contribution in [3.05, 3.63) is 48.5 Å². The molecular weight excluding hydrogens is 444 g/mol. The number of likely N-dealkylation sites (tertiary alicyclic amines) is 1. The molecule has 35 heavy (non-hydrogen) atoms. The summed E-state index contributed by atoms with van der Waals surface area (Å²) < 4.78 is 14.4. The summed E-state index contributed by atoms with van der Waals surface area (Å²) in [7, 11) is 0. The van der Waals surface area contributed by atoms with Crippen molar-refractivity contribution < 1.29 is 19.1 Å². The standard InChI is InChI=1S/C27H38N4O4/c1-22(2)26-28-12-16-30(26)15-11-24(32)31-17-18-35-27(20-31,21-34-23-9-5-3-6-10-23)19-25(33)29-13-7-4-8-14-29/h3,5-6,9-10,12,16,22H,4,7-8,11,13-15,17-21H2,1-2H3. The van der Waals surface area contributed by atoms with Gasteiger partial charge in [0.15, 0.2) is 0 Å². The van der Waals surface area contributed by atoms with Crippen LogP contribution in [0.25, 0.3) is 0 Å². The van der Waals surface area contributed by atoms with Gasteiger partial charge in [0.05, 0.1) is 19.6 Å². The summed E-state index contributed by atoms with van der Waals surface area (Å²) in [4.78, 5) is 34.6. The Morgan fingerprint density at radius 3 is 2.57 bits per heavy atom. The quantitative estimate of drug-likeness (QED) is 0.547. The van der Waals surface area contributed by atoms with E-state index in [1.54, 1.807) is 6.20 Å². The summed E-state index contributed by atoms with van der Waals surface area (Å²) in [6.07, 6.45) is 7.55. The second kappa shape index (κ2) is 11.7. The van der Waals surface area contributed by atoms with Crippen molar-refractivity contribution in [3.8, 4) is 5.75 Å². The summed E-state index contributed by atoms with van der Waals surface area (Å²) in [6, 6.07) is 9.55. The van der Waals surface area contributed by atoms with Gasteiger partial charge in [-0.25, -0.2) is 4.98 Å². The molecule has 2 aliphatic heterocycles. The SMILES string of the molecule is CC(C)c1nccn1CCC(=O)N1CCOC(COc2ccccc2)(CC(=O)N2CCCCC2)C1. The van der Waals surface area contributed by atoms with E-state index >= 15 is 0 Å². The van der Waals surface area contributed by atoms with Crippen LogP contribution in [0.1, 0.15) is 57.7 Å². The zero-order valence-electron chi connectivity index (χ0n) is 21.0. The van der Waals surface area contributed by atoms with Crippen LogP contribution in [0.4, 0.5) is 0 Å². The van der Waals surface area contributed by atoms with Gasteiger partial charge in [0.1, 0.15) is 23.8 Å². The van der Waals surface area contributed by atoms with E-state index in [1.807, 2.05) is 46.3 Å². The highest BCUT2D eigenvalue weighted by Crippen LogP contribution is 2.27. The largest absolute Gasteiger partial charge is 0.490 e. The molecule has 3 heterocycles. The molecule has 1 atom stereocenters. The maximum Gasteiger partial charge on any atom is 0.225 e. The molecule has 0 aliphatic carbocycles. The highest BCUT2D eigenvalue weighted by molar-refractivity contribution is 5.79. The number of hydrogen-bond donors (Lipinski definition) is 0. The van der Waals surface area contributed by atoms with Crippen LogP contribution >= 0.6 is 0 Å². The Morgan fingerprint density at radius 2 is 1.83 bits per heavy atom. The highest BCUT2D eigenvalue weighted by Gasteiger charge is 2.42. The number of hydrogen-bond acceptors (Lipinski definition) is 5. The maximum absolute atomic E-state index is 13.2. The summed E-state index contributed by atoms with van der Waals surface area (Å²) >= 11 is 0. The molecule has 2 saturated heterocycles. The first-order valence-corrected chi connectivity index (χ1v) is 12.8. The van der Waals surface area contributed by atoms with Crippen LogP contribution in [0.3, 0.4) is 0 Å². The molecular formula is C27H38N4O4. The summed E-state index contributed by atoms with van der Waals surface area (Å²) in [6.45, 7) is 7.85. The molecule has 1 aromatic carbocycles. The van der Waals surface area contributed by atoms with Crippen molar-refractivity contribution in [2.75, 3.05) is 39.4 Å². The van der Waals surface area contributed by atoms with Gasteiger partial charge in [-0.1, -0.05) is 32.0 Å². The number of piperidine rings is 1. The first-order valence-electron chi connectivity index (χ1n) is 12.8. The molecule has 2 amide bonds. The van der Waals surface area contributed by atoms with Crippen LogP contribution in [-0.4, -0.2) is 76.2 Å². The van der Waals surface area contributed by atoms with Gasteiger partial charge >= 0.3 is 0 Å². The first-order chi connectivity index (χ1) is 17.0. The summed E-state index contributed by atoms with van der Waals surface area (Å²) in [5.41, 5.74) is -0.865. The van der Waals surface area contributed by atoms with Crippen LogP contribution in [0, 0.1) is 0 Å². The van der Waals surface area contributed by atoms with Crippen LogP contribution < -0.4 is 4.74 Å². The number of ether oxygens (including phenoxy) is 2. The molecule has 0 spiro atoms. The number of nitrogens with zero attached hydrogens (tertiary/aromatic N) is 4. The minimum atomic E-state index is -0.865. The van der Waals surface area contributed by atoms with E-state index in [9.17, 15) is 9.59 Å². The van der Waals surface area contributed by atoms with Gasteiger partial charge in [-0.3, -0.25) is 9.59 Å². The molecule has 2 fully saturated rings. The van der Waals surface area contributed by atoms with Gasteiger partial charge < -0.3 is 23.8 Å². The minimum Gasteiger partial charge on any atom is -0.490 e. The van der Waals surface area contributed by atoms with E-state index in [1.165, 1.54) is 6.42 Å². The fraction of sp³-hybridized carbons (Fsp3) is 0.593. The normalized spacial score (nSPS) is 20.8. The molecule has 1 unspecified atom stereocenters. The van der Waals surface area contributed by atoms with Crippen LogP contribution in [0.2, 0.25) is 0 Å². The zero-order valence-corrected chi connectivity index (χ0v) is 21.0. The number of para-hydroxylation sites is 1. The number of rotatable bonds is 9. The van der Waals surface area contributed by atoms with Gasteiger partial charge in [0.2, 0.25) is 11.8 Å². The second-order valence-electron chi connectivity index (χ2n) is 9.95. The number of morpholine rings is 1. The second-order valence-corrected chi connectivity index (χ2v) is 9.95. The molecule has 1 aromatic heterocycles. The smallest absolute Gasteiger partial charge is 0.225 e. The van der Waals surface area contributed by atoms with Gasteiger partial charge in [-0.2, -0.15) is 0 Å². The predicted molar refractivity (Wildman–Crippen MR) is 133 cm³/mol. The molecule has 8 nitrogen and oxygen atoms in total. The fourth-order valence-electron chi connectivity index (χ4n) is 4.95. The van der Waals surface area contributed by atoms with Crippen molar-refractivity contribution in [2.45, 2.75) is 64.0 Å². The average molecular weight is 483 g/mol. The van der Waals surface area contributed by atoms with Crippen molar-refractivity contribution >= 4 is 11.8 Å². The zero-order chi connectivity index (χ0) is 24.7. The third-order valence-electron chi connectivity index (χ3n) is 6.86. The van der Waals surface area contributed by atoms with Crippen LogP contribution in [0.5, 0.6) is 5.75 Å². The molecule has 2 aliphatic rings. The fourth-order valence-corrected chi connectivity index (χ4v) is 4.95. The minimum absolute atomic E-state index is 0.0613. The lowest BCUT2D eigenvalue weighted by atomic mass is 9.96. The van der Waals surface area contributed by atoms with Crippen LogP contribution in [-0.2, 0) is 20.9 Å². The maximum atomic E-state index is 13.2. The lowest BCUT2D eigenvalue weighted by Gasteiger charge is -2.43. The topological polar surface area (TPSA) is 76.9 Å². The molecule has 8 heteroatoms. The number of aromatic nitrogens is 2. The number of benzene rings is 1. The number of carbonyl (C=O) groups is 2. The molecule has 0 radical (unpaired) electrons. The van der Waals surface area contributed by atoms with E-state index in [2.05, 4.69) is 23.4 Å². The van der Waals surface area contributed by atoms with Crippen molar-refractivity contribution in [3.63, 3.8) is 0 Å². The van der Waals surface area contributed by atoms with Gasteiger partial charge in [0, 0.05) is 50.9 Å². The van der Waals surface area contributed by atoms with Gasteiger partial charge in [-0.05, 0) is 31.4 Å². The monoisotopic (exact) mass is 482 g/mol. The van der Waals surface area contributed by atoms with Crippen molar-refractivity contribution in [1.82, 2.24) is 19.4 Å². The predicted octanol–water partition coefficient (Wildman–Crippen LogP) is 3.48. The molecule has 0 saturated carbocycles. The third kappa shape index (κ3) is 6.63.